The van der Waals surface area contributed by atoms with Gasteiger partial charge in [-0.25, -0.2) is 0 Å². The Hall–Kier alpha value is -0.0800. The highest BCUT2D eigenvalue weighted by Gasteiger charge is 2.35. The molecule has 0 aliphatic heterocycles. The molecule has 2 atom stereocenters. The van der Waals surface area contributed by atoms with Crippen LogP contribution < -0.4 is 0 Å². The van der Waals surface area contributed by atoms with Crippen molar-refractivity contribution in [2.45, 2.75) is 82.8 Å². The van der Waals surface area contributed by atoms with E-state index in [1.54, 1.807) is 0 Å². The summed E-state index contributed by atoms with van der Waals surface area (Å²) in [7, 11) is 0. The topological polar surface area (TPSA) is 40.5 Å². The van der Waals surface area contributed by atoms with Crippen molar-refractivity contribution in [3.05, 3.63) is 0 Å². The van der Waals surface area contributed by atoms with Crippen LogP contribution in [0.1, 0.15) is 70.6 Å². The van der Waals surface area contributed by atoms with Crippen LogP contribution in [0.25, 0.3) is 0 Å². The van der Waals surface area contributed by atoms with E-state index >= 15 is 0 Å². The van der Waals surface area contributed by atoms with Gasteiger partial charge in [0.15, 0.2) is 0 Å². The van der Waals surface area contributed by atoms with Gasteiger partial charge in [0.25, 0.3) is 0 Å². The molecule has 17 heavy (non-hydrogen) atoms. The summed E-state index contributed by atoms with van der Waals surface area (Å²) in [4.78, 5) is 0. The summed E-state index contributed by atoms with van der Waals surface area (Å²) in [6.45, 7) is 0. The fourth-order valence-corrected chi connectivity index (χ4v) is 3.73. The molecular formula is C15H28O2. The maximum Gasteiger partial charge on any atom is 0.0802 e. The van der Waals surface area contributed by atoms with Crippen molar-refractivity contribution in [2.24, 2.45) is 11.8 Å². The summed E-state index contributed by atoms with van der Waals surface area (Å²) >= 11 is 0. The Morgan fingerprint density at radius 2 is 0.941 bits per heavy atom. The molecule has 0 aromatic heterocycles. The number of hydrogen-bond acceptors (Lipinski definition) is 2. The highest BCUT2D eigenvalue weighted by Crippen LogP contribution is 2.37. The highest BCUT2D eigenvalue weighted by atomic mass is 16.3. The molecule has 2 N–H and O–H groups in total. The summed E-state index contributed by atoms with van der Waals surface area (Å²) in [5.41, 5.74) is 0. The van der Waals surface area contributed by atoms with E-state index in [9.17, 15) is 10.2 Å². The zero-order chi connectivity index (χ0) is 12.1. The lowest BCUT2D eigenvalue weighted by Crippen LogP contribution is -2.17. The van der Waals surface area contributed by atoms with Gasteiger partial charge in [0, 0.05) is 0 Å². The maximum absolute atomic E-state index is 9.68. The fraction of sp³-hybridized carbons (Fsp3) is 1.00. The molecule has 0 bridgehead atoms. The normalized spacial score (nSPS) is 38.1. The van der Waals surface area contributed by atoms with E-state index in [0.717, 1.165) is 18.8 Å². The van der Waals surface area contributed by atoms with Crippen LogP contribution >= 0.6 is 0 Å². The molecule has 0 radical (unpaired) electrons. The number of aliphatic hydroxyl groups excluding tert-OH is 2. The van der Waals surface area contributed by atoms with Crippen LogP contribution in [0.5, 0.6) is 0 Å². The van der Waals surface area contributed by atoms with Crippen molar-refractivity contribution in [1.29, 1.82) is 0 Å². The lowest BCUT2D eigenvalue weighted by atomic mass is 9.82. The summed E-state index contributed by atoms with van der Waals surface area (Å²) in [6.07, 6.45) is 13.1. The van der Waals surface area contributed by atoms with Crippen LogP contribution in [0.2, 0.25) is 0 Å². The summed E-state index contributed by atoms with van der Waals surface area (Å²) in [6, 6.07) is 0. The van der Waals surface area contributed by atoms with Gasteiger partial charge in [-0.15, -0.1) is 0 Å². The quantitative estimate of drug-likeness (QED) is 0.738. The molecule has 2 rings (SSSR count). The van der Waals surface area contributed by atoms with Gasteiger partial charge in [-0.1, -0.05) is 57.8 Å². The van der Waals surface area contributed by atoms with Crippen LogP contribution in [-0.2, 0) is 0 Å². The molecule has 2 heteroatoms. The molecule has 2 aliphatic carbocycles. The van der Waals surface area contributed by atoms with E-state index in [0.29, 0.717) is 5.92 Å². The molecule has 2 saturated carbocycles. The lowest BCUT2D eigenvalue weighted by molar-refractivity contribution is 0.0438. The van der Waals surface area contributed by atoms with Gasteiger partial charge in [-0.3, -0.25) is 0 Å². The Balaban J connectivity index is 1.83. The van der Waals surface area contributed by atoms with Gasteiger partial charge < -0.3 is 10.2 Å². The molecular weight excluding hydrogens is 212 g/mol. The van der Waals surface area contributed by atoms with Crippen molar-refractivity contribution >= 4 is 0 Å². The van der Waals surface area contributed by atoms with E-state index in [2.05, 4.69) is 0 Å². The zero-order valence-corrected chi connectivity index (χ0v) is 11.0. The first-order chi connectivity index (χ1) is 8.27. The molecule has 2 nitrogen and oxygen atoms in total. The minimum absolute atomic E-state index is 0.449. The first-order valence-electron chi connectivity index (χ1n) is 7.63. The fourth-order valence-electron chi connectivity index (χ4n) is 3.73. The minimum atomic E-state index is -0.449. The Bertz CT molecular complexity index is 197. The third kappa shape index (κ3) is 3.96. The third-order valence-corrected chi connectivity index (χ3v) is 4.85. The van der Waals surface area contributed by atoms with E-state index in [4.69, 9.17) is 0 Å². The summed E-state index contributed by atoms with van der Waals surface area (Å²) in [5.74, 6) is 1.35. The molecule has 2 unspecified atom stereocenters. The smallest absolute Gasteiger partial charge is 0.0802 e. The molecule has 0 spiro atoms. The largest absolute Gasteiger partial charge is 0.390 e. The van der Waals surface area contributed by atoms with Gasteiger partial charge in [0.05, 0.1) is 12.2 Å². The van der Waals surface area contributed by atoms with Crippen molar-refractivity contribution in [2.75, 3.05) is 0 Å². The predicted octanol–water partition coefficient (Wildman–Crippen LogP) is 3.26. The van der Waals surface area contributed by atoms with Crippen molar-refractivity contribution < 1.29 is 10.2 Å². The molecule has 0 aromatic rings. The summed E-state index contributed by atoms with van der Waals surface area (Å²) < 4.78 is 0. The van der Waals surface area contributed by atoms with E-state index < -0.39 is 12.2 Å². The minimum Gasteiger partial charge on any atom is -0.390 e. The van der Waals surface area contributed by atoms with E-state index in [1.807, 2.05) is 0 Å². The van der Waals surface area contributed by atoms with Gasteiger partial charge in [0.2, 0.25) is 0 Å². The van der Waals surface area contributed by atoms with E-state index in [-0.39, 0.29) is 0 Å². The molecule has 0 aromatic carbocycles. The molecule has 0 heterocycles. The Kier molecular flexibility index (Phi) is 5.30. The van der Waals surface area contributed by atoms with Crippen molar-refractivity contribution in [3.8, 4) is 0 Å². The second-order valence-corrected chi connectivity index (χ2v) is 6.18. The molecule has 100 valence electrons. The molecule has 2 aliphatic rings. The van der Waals surface area contributed by atoms with E-state index in [1.165, 1.54) is 57.8 Å². The van der Waals surface area contributed by atoms with Crippen LogP contribution in [0.3, 0.4) is 0 Å². The summed E-state index contributed by atoms with van der Waals surface area (Å²) in [5, 5.41) is 19.4. The molecule has 2 fully saturated rings. The number of hydrogen-bond donors (Lipinski definition) is 2. The Labute approximate surface area is 105 Å². The zero-order valence-electron chi connectivity index (χ0n) is 11.0. The van der Waals surface area contributed by atoms with Crippen LogP contribution in [-0.4, -0.2) is 22.4 Å². The average Bonchev–Trinajstić information content (AvgIpc) is 2.66. The van der Waals surface area contributed by atoms with Crippen molar-refractivity contribution in [3.63, 3.8) is 0 Å². The van der Waals surface area contributed by atoms with Crippen LogP contribution in [0.4, 0.5) is 0 Å². The SMILES string of the molecule is OC1CC(C2CCCCCCCCC2)CC1O. The lowest BCUT2D eigenvalue weighted by Gasteiger charge is -2.24. The number of aliphatic hydroxyl groups is 2. The van der Waals surface area contributed by atoms with Gasteiger partial charge in [0.1, 0.15) is 0 Å². The Morgan fingerprint density at radius 3 is 1.41 bits per heavy atom. The van der Waals surface area contributed by atoms with Crippen LogP contribution in [0.15, 0.2) is 0 Å². The molecule has 0 saturated heterocycles. The molecule has 0 amide bonds. The van der Waals surface area contributed by atoms with Crippen molar-refractivity contribution in [1.82, 2.24) is 0 Å². The predicted molar refractivity (Wildman–Crippen MR) is 69.8 cm³/mol. The van der Waals surface area contributed by atoms with Gasteiger partial charge in [-0.05, 0) is 24.7 Å². The first-order valence-corrected chi connectivity index (χ1v) is 7.63. The average molecular weight is 240 g/mol. The number of rotatable bonds is 1. The maximum atomic E-state index is 9.68. The second kappa shape index (κ2) is 6.75. The first kappa shape index (κ1) is 13.4. The van der Waals surface area contributed by atoms with Gasteiger partial charge in [-0.2, -0.15) is 0 Å². The standard InChI is InChI=1S/C15H28O2/c16-14-10-13(11-15(14)17)12-8-6-4-2-1-3-5-7-9-12/h12-17H,1-11H2. The van der Waals surface area contributed by atoms with Crippen LogP contribution in [0, 0.1) is 11.8 Å². The van der Waals surface area contributed by atoms with Gasteiger partial charge >= 0.3 is 0 Å². The Morgan fingerprint density at radius 1 is 0.529 bits per heavy atom. The third-order valence-electron chi connectivity index (χ3n) is 4.85. The highest BCUT2D eigenvalue weighted by molar-refractivity contribution is 4.86. The monoisotopic (exact) mass is 240 g/mol. The second-order valence-electron chi connectivity index (χ2n) is 6.18.